The van der Waals surface area contributed by atoms with E-state index in [1.165, 1.54) is 12.1 Å². The third-order valence-corrected chi connectivity index (χ3v) is 4.13. The molecule has 0 aliphatic heterocycles. The molecule has 7 heteroatoms. The fraction of sp³-hybridized carbons (Fsp3) is 0.211. The van der Waals surface area contributed by atoms with Crippen molar-refractivity contribution in [2.24, 2.45) is 0 Å². The molecule has 0 atom stereocenters. The van der Waals surface area contributed by atoms with E-state index in [1.54, 1.807) is 16.8 Å². The van der Waals surface area contributed by atoms with Crippen molar-refractivity contribution in [3.8, 4) is 11.3 Å². The standard InChI is InChI=1S/C19H19FN6/c1-14-10-18(22-6-3-8-25-9-7-21-13-25)26-19(23-14)12-17(24-26)15-4-2-5-16(20)11-15/h2,4-5,7,9-13,22H,3,6,8H2,1H3. The van der Waals surface area contributed by atoms with E-state index in [9.17, 15) is 4.39 Å². The quantitative estimate of drug-likeness (QED) is 0.540. The van der Waals surface area contributed by atoms with E-state index in [2.05, 4.69) is 20.4 Å². The van der Waals surface area contributed by atoms with Gasteiger partial charge in [-0.05, 0) is 25.5 Å². The highest BCUT2D eigenvalue weighted by atomic mass is 19.1. The molecule has 0 bridgehead atoms. The van der Waals surface area contributed by atoms with Crippen molar-refractivity contribution in [3.63, 3.8) is 0 Å². The van der Waals surface area contributed by atoms with Crippen molar-refractivity contribution in [2.45, 2.75) is 19.9 Å². The number of hydrogen-bond donors (Lipinski definition) is 1. The van der Waals surface area contributed by atoms with E-state index >= 15 is 0 Å². The van der Waals surface area contributed by atoms with Crippen LogP contribution in [0.3, 0.4) is 0 Å². The molecule has 4 rings (SSSR count). The first kappa shape index (κ1) is 16.3. The van der Waals surface area contributed by atoms with Crippen LogP contribution in [0.1, 0.15) is 12.1 Å². The number of hydrogen-bond acceptors (Lipinski definition) is 4. The Bertz CT molecular complexity index is 1020. The molecule has 0 radical (unpaired) electrons. The smallest absolute Gasteiger partial charge is 0.158 e. The van der Waals surface area contributed by atoms with E-state index in [-0.39, 0.29) is 5.82 Å². The number of rotatable bonds is 6. The normalized spacial score (nSPS) is 11.2. The maximum absolute atomic E-state index is 13.5. The van der Waals surface area contributed by atoms with Gasteiger partial charge in [0.2, 0.25) is 0 Å². The Morgan fingerprint density at radius 3 is 2.92 bits per heavy atom. The molecule has 0 aliphatic carbocycles. The highest BCUT2D eigenvalue weighted by molar-refractivity contribution is 5.65. The molecule has 0 amide bonds. The van der Waals surface area contributed by atoms with Crippen LogP contribution in [0.2, 0.25) is 0 Å². The van der Waals surface area contributed by atoms with Crippen molar-refractivity contribution in [3.05, 3.63) is 66.6 Å². The van der Waals surface area contributed by atoms with Gasteiger partial charge in [-0.15, -0.1) is 0 Å². The molecule has 3 aromatic heterocycles. The molecule has 0 spiro atoms. The minimum Gasteiger partial charge on any atom is -0.370 e. The zero-order valence-electron chi connectivity index (χ0n) is 14.4. The molecule has 3 heterocycles. The first-order valence-electron chi connectivity index (χ1n) is 8.52. The Hall–Kier alpha value is -3.22. The van der Waals surface area contributed by atoms with Crippen molar-refractivity contribution < 1.29 is 4.39 Å². The van der Waals surface area contributed by atoms with Gasteiger partial charge in [0, 0.05) is 48.9 Å². The zero-order chi connectivity index (χ0) is 17.9. The molecule has 132 valence electrons. The number of anilines is 1. The average molecular weight is 350 g/mol. The van der Waals surface area contributed by atoms with E-state index in [4.69, 9.17) is 0 Å². The van der Waals surface area contributed by atoms with Gasteiger partial charge in [0.1, 0.15) is 11.6 Å². The second-order valence-electron chi connectivity index (χ2n) is 6.17. The number of imidazole rings is 1. The minimum absolute atomic E-state index is 0.276. The van der Waals surface area contributed by atoms with Crippen LogP contribution in [0.15, 0.2) is 55.1 Å². The Labute approximate surface area is 150 Å². The number of fused-ring (bicyclic) bond motifs is 1. The van der Waals surface area contributed by atoms with E-state index < -0.39 is 0 Å². The number of nitrogens with one attached hydrogen (secondary N) is 1. The van der Waals surface area contributed by atoms with Gasteiger partial charge in [-0.2, -0.15) is 9.61 Å². The van der Waals surface area contributed by atoms with Gasteiger partial charge in [-0.1, -0.05) is 12.1 Å². The highest BCUT2D eigenvalue weighted by Crippen LogP contribution is 2.22. The minimum atomic E-state index is -0.276. The topological polar surface area (TPSA) is 60.0 Å². The summed E-state index contributed by atoms with van der Waals surface area (Å²) in [5.74, 6) is 0.599. The van der Waals surface area contributed by atoms with Gasteiger partial charge in [0.15, 0.2) is 5.65 Å². The average Bonchev–Trinajstić information content (AvgIpc) is 3.28. The fourth-order valence-corrected chi connectivity index (χ4v) is 2.91. The van der Waals surface area contributed by atoms with Crippen LogP contribution < -0.4 is 5.32 Å². The number of halogens is 1. The van der Waals surface area contributed by atoms with Crippen LogP contribution in [-0.2, 0) is 6.54 Å². The molecule has 0 saturated heterocycles. The third kappa shape index (κ3) is 3.42. The predicted molar refractivity (Wildman–Crippen MR) is 98.5 cm³/mol. The van der Waals surface area contributed by atoms with E-state index in [1.807, 2.05) is 42.2 Å². The van der Waals surface area contributed by atoms with Crippen LogP contribution in [0, 0.1) is 12.7 Å². The Balaban J connectivity index is 1.56. The Morgan fingerprint density at radius 2 is 2.12 bits per heavy atom. The lowest BCUT2D eigenvalue weighted by Crippen LogP contribution is -2.10. The number of benzene rings is 1. The van der Waals surface area contributed by atoms with Gasteiger partial charge in [0.25, 0.3) is 0 Å². The van der Waals surface area contributed by atoms with Crippen LogP contribution in [0.4, 0.5) is 10.2 Å². The summed E-state index contributed by atoms with van der Waals surface area (Å²) in [4.78, 5) is 8.57. The Morgan fingerprint density at radius 1 is 1.19 bits per heavy atom. The lowest BCUT2D eigenvalue weighted by molar-refractivity contribution is 0.628. The lowest BCUT2D eigenvalue weighted by Gasteiger charge is -2.09. The van der Waals surface area contributed by atoms with Gasteiger partial charge in [-0.25, -0.2) is 14.4 Å². The summed E-state index contributed by atoms with van der Waals surface area (Å²) in [6, 6.07) is 10.3. The maximum atomic E-state index is 13.5. The van der Waals surface area contributed by atoms with E-state index in [0.29, 0.717) is 5.69 Å². The molecule has 1 N–H and O–H groups in total. The van der Waals surface area contributed by atoms with Crippen molar-refractivity contribution >= 4 is 11.5 Å². The molecule has 4 aromatic rings. The monoisotopic (exact) mass is 350 g/mol. The molecule has 6 nitrogen and oxygen atoms in total. The summed E-state index contributed by atoms with van der Waals surface area (Å²) in [6.07, 6.45) is 6.50. The second-order valence-corrected chi connectivity index (χ2v) is 6.17. The maximum Gasteiger partial charge on any atom is 0.158 e. The Kier molecular flexibility index (Phi) is 4.35. The second kappa shape index (κ2) is 6.95. The van der Waals surface area contributed by atoms with Gasteiger partial charge in [-0.3, -0.25) is 0 Å². The molecular formula is C19H19FN6. The fourth-order valence-electron chi connectivity index (χ4n) is 2.91. The molecule has 0 unspecified atom stereocenters. The molecule has 0 aliphatic rings. The lowest BCUT2D eigenvalue weighted by atomic mass is 10.1. The van der Waals surface area contributed by atoms with Gasteiger partial charge >= 0.3 is 0 Å². The molecule has 1 aromatic carbocycles. The van der Waals surface area contributed by atoms with Gasteiger partial charge in [0.05, 0.1) is 12.0 Å². The number of aryl methyl sites for hydroxylation is 2. The zero-order valence-corrected chi connectivity index (χ0v) is 14.4. The summed E-state index contributed by atoms with van der Waals surface area (Å²) in [5, 5.41) is 8.02. The van der Waals surface area contributed by atoms with Crippen LogP contribution >= 0.6 is 0 Å². The first-order chi connectivity index (χ1) is 12.7. The summed E-state index contributed by atoms with van der Waals surface area (Å²) < 4.78 is 17.3. The largest absolute Gasteiger partial charge is 0.370 e. The first-order valence-corrected chi connectivity index (χ1v) is 8.52. The highest BCUT2D eigenvalue weighted by Gasteiger charge is 2.10. The predicted octanol–water partition coefficient (Wildman–Crippen LogP) is 3.54. The van der Waals surface area contributed by atoms with Crippen molar-refractivity contribution in [1.29, 1.82) is 0 Å². The number of nitrogens with zero attached hydrogens (tertiary/aromatic N) is 5. The molecule has 26 heavy (non-hydrogen) atoms. The summed E-state index contributed by atoms with van der Waals surface area (Å²) in [5.41, 5.74) is 3.07. The van der Waals surface area contributed by atoms with Crippen molar-refractivity contribution in [1.82, 2.24) is 24.1 Å². The van der Waals surface area contributed by atoms with E-state index in [0.717, 1.165) is 42.2 Å². The van der Waals surface area contributed by atoms with Crippen molar-refractivity contribution in [2.75, 3.05) is 11.9 Å². The third-order valence-electron chi connectivity index (χ3n) is 4.13. The summed E-state index contributed by atoms with van der Waals surface area (Å²) in [6.45, 7) is 3.64. The van der Waals surface area contributed by atoms with Crippen LogP contribution in [0.25, 0.3) is 16.9 Å². The SMILES string of the molecule is Cc1cc(NCCCn2ccnc2)n2nc(-c3cccc(F)c3)cc2n1. The van der Waals surface area contributed by atoms with Crippen LogP contribution in [-0.4, -0.2) is 30.7 Å². The van der Waals surface area contributed by atoms with Crippen LogP contribution in [0.5, 0.6) is 0 Å². The number of aromatic nitrogens is 5. The summed E-state index contributed by atoms with van der Waals surface area (Å²) in [7, 11) is 0. The summed E-state index contributed by atoms with van der Waals surface area (Å²) >= 11 is 0. The van der Waals surface area contributed by atoms with Gasteiger partial charge < -0.3 is 9.88 Å². The molecule has 0 fully saturated rings. The molecule has 0 saturated carbocycles. The molecular weight excluding hydrogens is 331 g/mol.